The SMILES string of the molecule is CCNC(=NCc1cnn(C)c1)NCCC(c1ccccc1)c1ccccc1. The standard InChI is InChI=1S/C23H29N5/c1-3-24-23(26-16-19-17-27-28(2)18-19)25-15-14-22(20-10-6-4-7-11-20)21-12-8-5-9-13-21/h4-13,17-18,22H,3,14-16H2,1-2H3,(H2,24,25,26). The molecule has 0 unspecified atom stereocenters. The van der Waals surface area contributed by atoms with Crippen molar-refractivity contribution in [2.75, 3.05) is 13.1 Å². The van der Waals surface area contributed by atoms with Gasteiger partial charge in [-0.1, -0.05) is 60.7 Å². The van der Waals surface area contributed by atoms with Crippen molar-refractivity contribution in [3.63, 3.8) is 0 Å². The summed E-state index contributed by atoms with van der Waals surface area (Å²) < 4.78 is 1.80. The van der Waals surface area contributed by atoms with Gasteiger partial charge in [0.15, 0.2) is 5.96 Å². The Bertz CT molecular complexity index is 815. The Morgan fingerprint density at radius 2 is 1.64 bits per heavy atom. The molecule has 0 aliphatic heterocycles. The average Bonchev–Trinajstić information content (AvgIpc) is 3.16. The topological polar surface area (TPSA) is 54.2 Å². The van der Waals surface area contributed by atoms with Gasteiger partial charge in [0.1, 0.15) is 0 Å². The second kappa shape index (κ2) is 10.3. The van der Waals surface area contributed by atoms with Gasteiger partial charge in [-0.25, -0.2) is 4.99 Å². The van der Waals surface area contributed by atoms with E-state index in [4.69, 9.17) is 0 Å². The highest BCUT2D eigenvalue weighted by molar-refractivity contribution is 5.79. The number of hydrogen-bond donors (Lipinski definition) is 2. The number of rotatable bonds is 8. The molecular weight excluding hydrogens is 346 g/mol. The van der Waals surface area contributed by atoms with Crippen LogP contribution in [-0.2, 0) is 13.6 Å². The predicted molar refractivity (Wildman–Crippen MR) is 115 cm³/mol. The van der Waals surface area contributed by atoms with E-state index in [9.17, 15) is 0 Å². The molecule has 0 atom stereocenters. The molecule has 3 aromatic rings. The maximum absolute atomic E-state index is 4.68. The molecule has 0 radical (unpaired) electrons. The maximum Gasteiger partial charge on any atom is 0.191 e. The number of hydrogen-bond acceptors (Lipinski definition) is 2. The Hall–Kier alpha value is -3.08. The Labute approximate surface area is 167 Å². The van der Waals surface area contributed by atoms with Crippen LogP contribution in [0.3, 0.4) is 0 Å². The summed E-state index contributed by atoms with van der Waals surface area (Å²) >= 11 is 0. The van der Waals surface area contributed by atoms with E-state index in [1.54, 1.807) is 4.68 Å². The van der Waals surface area contributed by atoms with Gasteiger partial charge in [-0.3, -0.25) is 4.68 Å². The number of guanidine groups is 1. The molecular formula is C23H29N5. The molecule has 5 nitrogen and oxygen atoms in total. The lowest BCUT2D eigenvalue weighted by Gasteiger charge is -2.19. The normalized spacial score (nSPS) is 11.6. The van der Waals surface area contributed by atoms with E-state index in [0.29, 0.717) is 12.5 Å². The van der Waals surface area contributed by atoms with Crippen molar-refractivity contribution in [3.8, 4) is 0 Å². The van der Waals surface area contributed by atoms with Gasteiger partial charge in [0.05, 0.1) is 12.7 Å². The minimum atomic E-state index is 0.357. The molecule has 2 aromatic carbocycles. The Kier molecular flexibility index (Phi) is 7.24. The van der Waals surface area contributed by atoms with E-state index >= 15 is 0 Å². The third-order valence-electron chi connectivity index (χ3n) is 4.65. The molecule has 0 amide bonds. The average molecular weight is 376 g/mol. The molecule has 1 heterocycles. The van der Waals surface area contributed by atoms with Crippen molar-refractivity contribution in [2.45, 2.75) is 25.8 Å². The van der Waals surface area contributed by atoms with Crippen LogP contribution < -0.4 is 10.6 Å². The molecule has 5 heteroatoms. The van der Waals surface area contributed by atoms with Gasteiger partial charge in [0.2, 0.25) is 0 Å². The summed E-state index contributed by atoms with van der Waals surface area (Å²) in [6.45, 7) is 4.37. The zero-order valence-electron chi connectivity index (χ0n) is 16.7. The first-order valence-electron chi connectivity index (χ1n) is 9.86. The summed E-state index contributed by atoms with van der Waals surface area (Å²) in [5, 5.41) is 11.0. The van der Waals surface area contributed by atoms with E-state index in [1.807, 2.05) is 19.4 Å². The highest BCUT2D eigenvalue weighted by Gasteiger charge is 2.13. The first-order chi connectivity index (χ1) is 13.8. The summed E-state index contributed by atoms with van der Waals surface area (Å²) in [6.07, 6.45) is 4.84. The molecule has 3 rings (SSSR count). The Balaban J connectivity index is 1.64. The van der Waals surface area contributed by atoms with Crippen molar-refractivity contribution >= 4 is 5.96 Å². The summed E-state index contributed by atoms with van der Waals surface area (Å²) in [6, 6.07) is 21.4. The number of aryl methyl sites for hydroxylation is 1. The molecule has 1 aromatic heterocycles. The van der Waals surface area contributed by atoms with E-state index < -0.39 is 0 Å². The summed E-state index contributed by atoms with van der Waals surface area (Å²) in [4.78, 5) is 4.68. The molecule has 146 valence electrons. The summed E-state index contributed by atoms with van der Waals surface area (Å²) in [5.41, 5.74) is 3.78. The van der Waals surface area contributed by atoms with Crippen LogP contribution in [0.1, 0.15) is 36.0 Å². The second-order valence-corrected chi connectivity index (χ2v) is 6.81. The quantitative estimate of drug-likeness (QED) is 0.466. The highest BCUT2D eigenvalue weighted by Crippen LogP contribution is 2.27. The third-order valence-corrected chi connectivity index (χ3v) is 4.65. The van der Waals surface area contributed by atoms with Crippen molar-refractivity contribution in [2.24, 2.45) is 12.0 Å². The van der Waals surface area contributed by atoms with Crippen LogP contribution in [-0.4, -0.2) is 28.8 Å². The van der Waals surface area contributed by atoms with Crippen LogP contribution in [0.25, 0.3) is 0 Å². The monoisotopic (exact) mass is 375 g/mol. The molecule has 0 saturated heterocycles. The zero-order chi connectivity index (χ0) is 19.6. The minimum Gasteiger partial charge on any atom is -0.357 e. The number of benzene rings is 2. The van der Waals surface area contributed by atoms with Crippen molar-refractivity contribution < 1.29 is 0 Å². The van der Waals surface area contributed by atoms with Gasteiger partial charge in [-0.15, -0.1) is 0 Å². The van der Waals surface area contributed by atoms with Gasteiger partial charge in [0, 0.05) is 37.8 Å². The largest absolute Gasteiger partial charge is 0.357 e. The zero-order valence-corrected chi connectivity index (χ0v) is 16.7. The number of aromatic nitrogens is 2. The lowest BCUT2D eigenvalue weighted by Crippen LogP contribution is -2.38. The van der Waals surface area contributed by atoms with Crippen molar-refractivity contribution in [1.82, 2.24) is 20.4 Å². The Morgan fingerprint density at radius 3 is 2.18 bits per heavy atom. The molecule has 0 aliphatic rings. The fourth-order valence-corrected chi connectivity index (χ4v) is 3.30. The van der Waals surface area contributed by atoms with Crippen molar-refractivity contribution in [3.05, 3.63) is 89.7 Å². The molecule has 2 N–H and O–H groups in total. The second-order valence-electron chi connectivity index (χ2n) is 6.81. The van der Waals surface area contributed by atoms with E-state index in [2.05, 4.69) is 88.3 Å². The predicted octanol–water partition coefficient (Wildman–Crippen LogP) is 3.70. The Morgan fingerprint density at radius 1 is 1.00 bits per heavy atom. The minimum absolute atomic E-state index is 0.357. The summed E-state index contributed by atoms with van der Waals surface area (Å²) in [7, 11) is 1.92. The van der Waals surface area contributed by atoms with Gasteiger partial charge < -0.3 is 10.6 Å². The van der Waals surface area contributed by atoms with Crippen LogP contribution in [0.2, 0.25) is 0 Å². The molecule has 0 fully saturated rings. The fourth-order valence-electron chi connectivity index (χ4n) is 3.30. The molecule has 28 heavy (non-hydrogen) atoms. The van der Waals surface area contributed by atoms with Crippen molar-refractivity contribution in [1.29, 1.82) is 0 Å². The smallest absolute Gasteiger partial charge is 0.191 e. The fraction of sp³-hybridized carbons (Fsp3) is 0.304. The van der Waals surface area contributed by atoms with Gasteiger partial charge in [-0.2, -0.15) is 5.10 Å². The lowest BCUT2D eigenvalue weighted by atomic mass is 9.88. The van der Waals surface area contributed by atoms with Crippen LogP contribution in [0.5, 0.6) is 0 Å². The van der Waals surface area contributed by atoms with Crippen LogP contribution in [0.15, 0.2) is 78.0 Å². The van der Waals surface area contributed by atoms with E-state index in [1.165, 1.54) is 11.1 Å². The van der Waals surface area contributed by atoms with E-state index in [0.717, 1.165) is 31.0 Å². The van der Waals surface area contributed by atoms with Gasteiger partial charge in [0.25, 0.3) is 0 Å². The summed E-state index contributed by atoms with van der Waals surface area (Å²) in [5.74, 6) is 1.20. The number of nitrogens with zero attached hydrogens (tertiary/aromatic N) is 3. The van der Waals surface area contributed by atoms with Crippen LogP contribution in [0, 0.1) is 0 Å². The van der Waals surface area contributed by atoms with Crippen LogP contribution in [0.4, 0.5) is 0 Å². The lowest BCUT2D eigenvalue weighted by molar-refractivity contribution is 0.679. The molecule has 0 saturated carbocycles. The third kappa shape index (κ3) is 5.71. The van der Waals surface area contributed by atoms with Gasteiger partial charge >= 0.3 is 0 Å². The van der Waals surface area contributed by atoms with Gasteiger partial charge in [-0.05, 0) is 24.5 Å². The number of aliphatic imine (C=N–C) groups is 1. The maximum atomic E-state index is 4.68. The molecule has 0 bridgehead atoms. The highest BCUT2D eigenvalue weighted by atomic mass is 15.2. The number of nitrogens with one attached hydrogen (secondary N) is 2. The van der Waals surface area contributed by atoms with Crippen LogP contribution >= 0.6 is 0 Å². The first kappa shape index (κ1) is 19.7. The first-order valence-corrected chi connectivity index (χ1v) is 9.86. The molecule has 0 spiro atoms. The van der Waals surface area contributed by atoms with E-state index in [-0.39, 0.29) is 0 Å². The molecule has 0 aliphatic carbocycles.